The number of alkyl halides is 2. The van der Waals surface area contributed by atoms with Crippen molar-refractivity contribution >= 4 is 16.7 Å². The van der Waals surface area contributed by atoms with E-state index in [0.29, 0.717) is 30.4 Å². The molecule has 40 heavy (non-hydrogen) atoms. The van der Waals surface area contributed by atoms with Crippen molar-refractivity contribution in [1.82, 2.24) is 14.5 Å². The topological polar surface area (TPSA) is 86.2 Å². The number of benzene rings is 1. The third-order valence-electron chi connectivity index (χ3n) is 7.93. The first-order valence-electron chi connectivity index (χ1n) is 13.6. The number of pyridine rings is 2. The molecule has 0 radical (unpaired) electrons. The lowest BCUT2D eigenvalue weighted by Gasteiger charge is -2.30. The van der Waals surface area contributed by atoms with Crippen LogP contribution in [-0.2, 0) is 11.2 Å². The molecule has 4 heterocycles. The number of halogens is 2. The highest BCUT2D eigenvalue weighted by Gasteiger charge is 2.28. The van der Waals surface area contributed by atoms with Gasteiger partial charge in [0.15, 0.2) is 5.78 Å². The van der Waals surface area contributed by atoms with E-state index in [-0.39, 0.29) is 36.0 Å². The average molecular weight is 550 g/mol. The second-order valence-corrected chi connectivity index (χ2v) is 10.4. The van der Waals surface area contributed by atoms with Gasteiger partial charge in [-0.1, -0.05) is 18.2 Å². The van der Waals surface area contributed by atoms with Gasteiger partial charge < -0.3 is 19.0 Å². The second-order valence-electron chi connectivity index (χ2n) is 10.4. The van der Waals surface area contributed by atoms with Crippen LogP contribution in [0.15, 0.2) is 53.6 Å². The van der Waals surface area contributed by atoms with Gasteiger partial charge in [-0.2, -0.15) is 8.78 Å². The number of ketones is 1. The number of rotatable bonds is 9. The van der Waals surface area contributed by atoms with Crippen LogP contribution in [-0.4, -0.2) is 40.1 Å². The summed E-state index contributed by atoms with van der Waals surface area (Å²) in [6, 6.07) is 11.4. The zero-order valence-electron chi connectivity index (χ0n) is 22.9. The zero-order valence-corrected chi connectivity index (χ0v) is 22.9. The predicted octanol–water partition coefficient (Wildman–Crippen LogP) is 6.41. The highest BCUT2D eigenvalue weighted by atomic mass is 19.3. The van der Waals surface area contributed by atoms with Gasteiger partial charge in [0, 0.05) is 71.5 Å². The van der Waals surface area contributed by atoms with Crippen molar-refractivity contribution in [1.29, 1.82) is 0 Å². The lowest BCUT2D eigenvalue weighted by molar-refractivity contribution is -0.0505. The van der Waals surface area contributed by atoms with Crippen LogP contribution in [0.25, 0.3) is 22.0 Å². The fraction of sp³-hybridized carbons (Fsp3) is 0.387. The van der Waals surface area contributed by atoms with E-state index < -0.39 is 12.2 Å². The number of nitrogens with zero attached hydrogens (tertiary/aromatic N) is 2. The maximum absolute atomic E-state index is 13.8. The summed E-state index contributed by atoms with van der Waals surface area (Å²) in [6.45, 7) is 4.09. The van der Waals surface area contributed by atoms with Crippen LogP contribution in [0.1, 0.15) is 59.5 Å². The molecule has 1 saturated heterocycles. The molecule has 1 atom stereocenters. The molecule has 1 N–H and O–H groups in total. The molecule has 0 amide bonds. The molecule has 0 aliphatic carbocycles. The first kappa shape index (κ1) is 27.7. The number of nitrogens with one attached hydrogen (secondary N) is 1. The van der Waals surface area contributed by atoms with Gasteiger partial charge >= 0.3 is 6.61 Å². The van der Waals surface area contributed by atoms with Crippen LogP contribution in [0.5, 0.6) is 5.75 Å². The molecule has 3 aromatic heterocycles. The Labute approximate surface area is 231 Å². The highest BCUT2D eigenvalue weighted by Crippen LogP contribution is 2.37. The molecule has 0 bridgehead atoms. The molecule has 5 rings (SSSR count). The Bertz CT molecular complexity index is 1570. The number of aryl methyl sites for hydroxylation is 1. The Kier molecular flexibility index (Phi) is 8.12. The number of ether oxygens (including phenoxy) is 2. The van der Waals surface area contributed by atoms with Crippen molar-refractivity contribution in [3.63, 3.8) is 0 Å². The van der Waals surface area contributed by atoms with Crippen molar-refractivity contribution in [2.45, 2.75) is 59.1 Å². The van der Waals surface area contributed by atoms with Crippen LogP contribution in [0.3, 0.4) is 0 Å². The summed E-state index contributed by atoms with van der Waals surface area (Å²) < 4.78 is 38.5. The Balaban J connectivity index is 1.55. The van der Waals surface area contributed by atoms with E-state index >= 15 is 0 Å². The number of fused-ring (bicyclic) bond motifs is 1. The van der Waals surface area contributed by atoms with E-state index in [0.717, 1.165) is 40.6 Å². The number of hydrogen-bond donors (Lipinski definition) is 1. The SMILES string of the molecule is Cc1cc(OC(F)F)c(CCC(=O)c2c(C)n(C(C)C3CCOCC3)c3cc(-c4cccnc4)ccc23)c(=O)[nH]1. The van der Waals surface area contributed by atoms with E-state index in [2.05, 4.69) is 32.3 Å². The molecule has 0 spiro atoms. The van der Waals surface area contributed by atoms with Crippen molar-refractivity contribution in [3.05, 3.63) is 81.7 Å². The molecule has 7 nitrogen and oxygen atoms in total. The quantitative estimate of drug-likeness (QED) is 0.244. The van der Waals surface area contributed by atoms with E-state index in [9.17, 15) is 18.4 Å². The Morgan fingerprint density at radius 2 is 1.95 bits per heavy atom. The van der Waals surface area contributed by atoms with E-state index in [1.165, 1.54) is 6.07 Å². The maximum Gasteiger partial charge on any atom is 0.387 e. The van der Waals surface area contributed by atoms with Gasteiger partial charge in [-0.25, -0.2) is 0 Å². The highest BCUT2D eigenvalue weighted by molar-refractivity contribution is 6.10. The Morgan fingerprint density at radius 1 is 1.18 bits per heavy atom. The summed E-state index contributed by atoms with van der Waals surface area (Å²) in [5.41, 5.74) is 4.28. The van der Waals surface area contributed by atoms with Crippen molar-refractivity contribution in [2.24, 2.45) is 5.92 Å². The molecule has 1 aromatic carbocycles. The van der Waals surface area contributed by atoms with E-state index in [1.807, 2.05) is 37.4 Å². The normalized spacial score (nSPS) is 15.1. The van der Waals surface area contributed by atoms with Gasteiger partial charge in [-0.05, 0) is 69.7 Å². The summed E-state index contributed by atoms with van der Waals surface area (Å²) >= 11 is 0. The predicted molar refractivity (Wildman–Crippen MR) is 149 cm³/mol. The summed E-state index contributed by atoms with van der Waals surface area (Å²) in [5, 5.41) is 0.830. The minimum atomic E-state index is -3.07. The van der Waals surface area contributed by atoms with Crippen LogP contribution >= 0.6 is 0 Å². The standard InChI is InChI=1S/C31H33F2N3O4/c1-18-15-28(40-31(32)33)25(30(38)35-18)8-9-27(37)29-20(3)36(19(2)21-10-13-39-14-11-21)26-16-22(6-7-24(26)29)23-5-4-12-34-17-23/h4-7,12,15-17,19,21,31H,8-11,13-14H2,1-3H3,(H,35,38). The molecule has 0 saturated carbocycles. The molecule has 1 aliphatic heterocycles. The third kappa shape index (κ3) is 5.56. The van der Waals surface area contributed by atoms with E-state index in [4.69, 9.17) is 4.74 Å². The lowest BCUT2D eigenvalue weighted by Crippen LogP contribution is -2.24. The van der Waals surface area contributed by atoms with Crippen LogP contribution in [0, 0.1) is 19.8 Å². The molecule has 4 aromatic rings. The van der Waals surface area contributed by atoms with Gasteiger partial charge in [0.25, 0.3) is 5.56 Å². The van der Waals surface area contributed by atoms with Crippen molar-refractivity contribution in [2.75, 3.05) is 13.2 Å². The van der Waals surface area contributed by atoms with Crippen molar-refractivity contribution < 1.29 is 23.0 Å². The minimum Gasteiger partial charge on any atom is -0.434 e. The summed E-state index contributed by atoms with van der Waals surface area (Å²) in [6.07, 6.45) is 5.38. The largest absolute Gasteiger partial charge is 0.434 e. The smallest absolute Gasteiger partial charge is 0.387 e. The molecular formula is C31H33F2N3O4. The fourth-order valence-electron chi connectivity index (χ4n) is 5.92. The zero-order chi connectivity index (χ0) is 28.4. The second kappa shape index (κ2) is 11.7. The number of aromatic amines is 1. The molecule has 1 unspecified atom stereocenters. The Hall–Kier alpha value is -3.85. The third-order valence-corrected chi connectivity index (χ3v) is 7.93. The average Bonchev–Trinajstić information content (AvgIpc) is 3.23. The number of aromatic nitrogens is 3. The number of H-pyrrole nitrogens is 1. The summed E-state index contributed by atoms with van der Waals surface area (Å²) in [4.78, 5) is 33.3. The van der Waals surface area contributed by atoms with Crippen molar-refractivity contribution in [3.8, 4) is 16.9 Å². The number of hydrogen-bond acceptors (Lipinski definition) is 5. The van der Waals surface area contributed by atoms with E-state index in [1.54, 1.807) is 13.1 Å². The van der Waals surface area contributed by atoms with Gasteiger partial charge in [-0.3, -0.25) is 14.6 Å². The first-order valence-corrected chi connectivity index (χ1v) is 13.6. The summed E-state index contributed by atoms with van der Waals surface area (Å²) in [7, 11) is 0. The number of Topliss-reactive ketones (excluding diaryl/α,β-unsaturated/α-hetero) is 1. The summed E-state index contributed by atoms with van der Waals surface area (Å²) in [5.74, 6) is 0.0446. The molecule has 1 aliphatic rings. The molecule has 1 fully saturated rings. The monoisotopic (exact) mass is 549 g/mol. The molecular weight excluding hydrogens is 516 g/mol. The minimum absolute atomic E-state index is 0.0219. The first-order chi connectivity index (χ1) is 19.2. The number of carbonyl (C=O) groups is 1. The van der Waals surface area contributed by atoms with Crippen LogP contribution in [0.4, 0.5) is 8.78 Å². The van der Waals surface area contributed by atoms with Crippen LogP contribution in [0.2, 0.25) is 0 Å². The molecule has 9 heteroatoms. The number of carbonyl (C=O) groups excluding carboxylic acids is 1. The van der Waals surface area contributed by atoms with Gasteiger partial charge in [-0.15, -0.1) is 0 Å². The molecule has 210 valence electrons. The van der Waals surface area contributed by atoms with Gasteiger partial charge in [0.2, 0.25) is 0 Å². The van der Waals surface area contributed by atoms with Crippen LogP contribution < -0.4 is 10.3 Å². The maximum atomic E-state index is 13.8. The Morgan fingerprint density at radius 3 is 2.65 bits per heavy atom. The van der Waals surface area contributed by atoms with Gasteiger partial charge in [0.05, 0.1) is 5.56 Å². The lowest BCUT2D eigenvalue weighted by atomic mass is 9.92. The fourth-order valence-corrected chi connectivity index (χ4v) is 5.92. The van der Waals surface area contributed by atoms with Gasteiger partial charge in [0.1, 0.15) is 5.75 Å².